The van der Waals surface area contributed by atoms with Crippen molar-refractivity contribution in [3.8, 4) is 5.75 Å². The molecule has 0 spiro atoms. The fourth-order valence-corrected chi connectivity index (χ4v) is 2.77. The molecule has 0 unspecified atom stereocenters. The lowest BCUT2D eigenvalue weighted by Gasteiger charge is -2.34. The third-order valence-corrected chi connectivity index (χ3v) is 4.06. The molecule has 3 nitrogen and oxygen atoms in total. The van der Waals surface area contributed by atoms with Crippen molar-refractivity contribution in [2.24, 2.45) is 0 Å². The van der Waals surface area contributed by atoms with Gasteiger partial charge in [-0.25, -0.2) is 0 Å². The van der Waals surface area contributed by atoms with Crippen LogP contribution in [-0.2, 0) is 10.2 Å². The van der Waals surface area contributed by atoms with Crippen molar-refractivity contribution in [2.45, 2.75) is 31.1 Å². The van der Waals surface area contributed by atoms with Gasteiger partial charge in [0.05, 0.1) is 7.11 Å². The van der Waals surface area contributed by atoms with Crippen LogP contribution in [0.5, 0.6) is 5.75 Å². The number of rotatable bonds is 4. The van der Waals surface area contributed by atoms with Crippen LogP contribution in [0.1, 0.15) is 31.2 Å². The van der Waals surface area contributed by atoms with E-state index < -0.39 is 0 Å². The van der Waals surface area contributed by atoms with Crippen molar-refractivity contribution in [1.82, 2.24) is 4.90 Å². The standard InChI is InChI=1S/C17H23NO2/c1-18(2)16(19)13-17(11-5-4-6-12-17)14-7-9-15(20-3)10-8-14/h5,7-11H,4,6,12-13H2,1-3H3/t17-/m0/s1. The van der Waals surface area contributed by atoms with Crippen LogP contribution in [0.2, 0.25) is 0 Å². The Morgan fingerprint density at radius 2 is 2.00 bits per heavy atom. The second-order valence-electron chi connectivity index (χ2n) is 5.64. The van der Waals surface area contributed by atoms with E-state index in [1.54, 1.807) is 12.0 Å². The predicted molar refractivity (Wildman–Crippen MR) is 81.0 cm³/mol. The van der Waals surface area contributed by atoms with Crippen molar-refractivity contribution < 1.29 is 9.53 Å². The Balaban J connectivity index is 2.33. The van der Waals surface area contributed by atoms with E-state index in [1.807, 2.05) is 26.2 Å². The lowest BCUT2D eigenvalue weighted by atomic mass is 9.71. The molecule has 0 radical (unpaired) electrons. The summed E-state index contributed by atoms with van der Waals surface area (Å²) in [7, 11) is 5.30. The van der Waals surface area contributed by atoms with E-state index in [1.165, 1.54) is 5.56 Å². The van der Waals surface area contributed by atoms with Crippen molar-refractivity contribution in [1.29, 1.82) is 0 Å². The molecular formula is C17H23NO2. The van der Waals surface area contributed by atoms with E-state index in [2.05, 4.69) is 24.3 Å². The SMILES string of the molecule is COc1ccc([C@@]2(CC(=O)N(C)C)C=CCCC2)cc1. The number of hydrogen-bond donors (Lipinski definition) is 0. The number of benzene rings is 1. The van der Waals surface area contributed by atoms with Crippen LogP contribution in [-0.4, -0.2) is 32.0 Å². The molecule has 20 heavy (non-hydrogen) atoms. The predicted octanol–water partition coefficient (Wildman–Crippen LogP) is 3.15. The first-order chi connectivity index (χ1) is 9.57. The van der Waals surface area contributed by atoms with Crippen molar-refractivity contribution in [3.05, 3.63) is 42.0 Å². The molecule has 1 aromatic carbocycles. The Morgan fingerprint density at radius 3 is 2.50 bits per heavy atom. The van der Waals surface area contributed by atoms with Crippen LogP contribution in [0.3, 0.4) is 0 Å². The highest BCUT2D eigenvalue weighted by molar-refractivity contribution is 5.78. The Kier molecular flexibility index (Phi) is 4.48. The van der Waals surface area contributed by atoms with E-state index in [0.29, 0.717) is 6.42 Å². The van der Waals surface area contributed by atoms with Gasteiger partial charge in [-0.15, -0.1) is 0 Å². The van der Waals surface area contributed by atoms with Gasteiger partial charge in [-0.1, -0.05) is 24.3 Å². The number of carbonyl (C=O) groups excluding carboxylic acids is 1. The molecule has 108 valence electrons. The molecule has 1 aliphatic carbocycles. The van der Waals surface area contributed by atoms with Crippen molar-refractivity contribution >= 4 is 5.91 Å². The monoisotopic (exact) mass is 273 g/mol. The van der Waals surface area contributed by atoms with Gasteiger partial charge in [-0.2, -0.15) is 0 Å². The topological polar surface area (TPSA) is 29.5 Å². The molecule has 2 rings (SSSR count). The van der Waals surface area contributed by atoms with E-state index in [9.17, 15) is 4.79 Å². The van der Waals surface area contributed by atoms with Crippen LogP contribution in [0, 0.1) is 0 Å². The summed E-state index contributed by atoms with van der Waals surface area (Å²) in [6.07, 6.45) is 8.21. The van der Waals surface area contributed by atoms with Crippen molar-refractivity contribution in [2.75, 3.05) is 21.2 Å². The van der Waals surface area contributed by atoms with E-state index in [0.717, 1.165) is 25.0 Å². The molecule has 1 amide bonds. The van der Waals surface area contributed by atoms with Gasteiger partial charge in [-0.3, -0.25) is 4.79 Å². The van der Waals surface area contributed by atoms with Crippen LogP contribution in [0.15, 0.2) is 36.4 Å². The van der Waals surface area contributed by atoms with Crippen LogP contribution < -0.4 is 4.74 Å². The summed E-state index contributed by atoms with van der Waals surface area (Å²) in [5, 5.41) is 0. The van der Waals surface area contributed by atoms with E-state index in [-0.39, 0.29) is 11.3 Å². The minimum Gasteiger partial charge on any atom is -0.497 e. The summed E-state index contributed by atoms with van der Waals surface area (Å²) in [5.74, 6) is 1.02. The molecule has 0 aromatic heterocycles. The Bertz CT molecular complexity index is 490. The third kappa shape index (κ3) is 3.03. The number of hydrogen-bond acceptors (Lipinski definition) is 2. The number of ether oxygens (including phenoxy) is 1. The first-order valence-electron chi connectivity index (χ1n) is 7.10. The van der Waals surface area contributed by atoms with Gasteiger partial charge in [0.25, 0.3) is 0 Å². The summed E-state index contributed by atoms with van der Waals surface area (Å²) in [6, 6.07) is 8.11. The zero-order chi connectivity index (χ0) is 14.6. The zero-order valence-electron chi connectivity index (χ0n) is 12.6. The first-order valence-corrected chi connectivity index (χ1v) is 7.10. The van der Waals surface area contributed by atoms with Crippen molar-refractivity contribution in [3.63, 3.8) is 0 Å². The highest BCUT2D eigenvalue weighted by atomic mass is 16.5. The number of nitrogens with zero attached hydrogens (tertiary/aromatic N) is 1. The smallest absolute Gasteiger partial charge is 0.223 e. The minimum absolute atomic E-state index is 0.161. The van der Waals surface area contributed by atoms with Gasteiger partial charge in [-0.05, 0) is 37.0 Å². The molecule has 3 heteroatoms. The Labute approximate surface area is 121 Å². The van der Waals surface area contributed by atoms with Gasteiger partial charge >= 0.3 is 0 Å². The molecule has 0 heterocycles. The maximum Gasteiger partial charge on any atom is 0.223 e. The number of amides is 1. The molecule has 1 aliphatic rings. The van der Waals surface area contributed by atoms with Gasteiger partial charge < -0.3 is 9.64 Å². The Hall–Kier alpha value is -1.77. The van der Waals surface area contributed by atoms with Crippen LogP contribution in [0.25, 0.3) is 0 Å². The summed E-state index contributed by atoms with van der Waals surface area (Å²) in [4.78, 5) is 13.9. The van der Waals surface area contributed by atoms with E-state index in [4.69, 9.17) is 4.74 Å². The third-order valence-electron chi connectivity index (χ3n) is 4.06. The van der Waals surface area contributed by atoms with Gasteiger partial charge in [0.15, 0.2) is 0 Å². The molecule has 0 N–H and O–H groups in total. The minimum atomic E-state index is -0.161. The molecule has 1 atom stereocenters. The summed E-state index contributed by atoms with van der Waals surface area (Å²) < 4.78 is 5.22. The summed E-state index contributed by atoms with van der Waals surface area (Å²) in [5.41, 5.74) is 1.04. The maximum absolute atomic E-state index is 12.2. The fourth-order valence-electron chi connectivity index (χ4n) is 2.77. The van der Waals surface area contributed by atoms with E-state index >= 15 is 0 Å². The second kappa shape index (κ2) is 6.12. The number of carbonyl (C=O) groups is 1. The first kappa shape index (κ1) is 14.6. The molecule has 0 aliphatic heterocycles. The molecule has 0 saturated heterocycles. The normalized spacial score (nSPS) is 21.6. The molecule has 0 bridgehead atoms. The maximum atomic E-state index is 12.2. The number of methoxy groups -OCH3 is 1. The number of allylic oxidation sites excluding steroid dienone is 2. The van der Waals surface area contributed by atoms with Crippen LogP contribution >= 0.6 is 0 Å². The highest BCUT2D eigenvalue weighted by Crippen LogP contribution is 2.39. The quantitative estimate of drug-likeness (QED) is 0.789. The molecular weight excluding hydrogens is 250 g/mol. The fraction of sp³-hybridized carbons (Fsp3) is 0.471. The average Bonchev–Trinajstić information content (AvgIpc) is 2.48. The lowest BCUT2D eigenvalue weighted by Crippen LogP contribution is -2.34. The highest BCUT2D eigenvalue weighted by Gasteiger charge is 2.33. The van der Waals surface area contributed by atoms with Gasteiger partial charge in [0.2, 0.25) is 5.91 Å². The lowest BCUT2D eigenvalue weighted by molar-refractivity contribution is -0.129. The largest absolute Gasteiger partial charge is 0.497 e. The van der Waals surface area contributed by atoms with Crippen LogP contribution in [0.4, 0.5) is 0 Å². The summed E-state index contributed by atoms with van der Waals surface area (Å²) in [6.45, 7) is 0. The average molecular weight is 273 g/mol. The molecule has 1 aromatic rings. The van der Waals surface area contributed by atoms with Gasteiger partial charge in [0.1, 0.15) is 5.75 Å². The van der Waals surface area contributed by atoms with Gasteiger partial charge in [0, 0.05) is 25.9 Å². The summed E-state index contributed by atoms with van der Waals surface area (Å²) >= 11 is 0. The molecule has 0 saturated carbocycles. The zero-order valence-corrected chi connectivity index (χ0v) is 12.6. The molecule has 0 fully saturated rings. The Morgan fingerprint density at radius 1 is 1.30 bits per heavy atom. The second-order valence-corrected chi connectivity index (χ2v) is 5.64.